The molecule has 0 radical (unpaired) electrons. The molecule has 7 heteroatoms. The number of methoxy groups -OCH3 is 1. The lowest BCUT2D eigenvalue weighted by molar-refractivity contribution is 0.0599. The number of benzene rings is 1. The van der Waals surface area contributed by atoms with Crippen LogP contribution in [-0.2, 0) is 21.3 Å². The fourth-order valence-corrected chi connectivity index (χ4v) is 1.85. The largest absolute Gasteiger partial charge is 0.465 e. The molecule has 0 unspecified atom stereocenters. The number of carbonyl (C=O) groups excluding carboxylic acids is 1. The van der Waals surface area contributed by atoms with Gasteiger partial charge in [0.05, 0.1) is 18.4 Å². The van der Waals surface area contributed by atoms with E-state index in [0.29, 0.717) is 12.1 Å². The van der Waals surface area contributed by atoms with E-state index in [1.54, 1.807) is 24.3 Å². The molecule has 0 aliphatic heterocycles. The van der Waals surface area contributed by atoms with Crippen molar-refractivity contribution >= 4 is 16.0 Å². The molecule has 1 rings (SSSR count). The number of hydrogen-bond acceptors (Lipinski definition) is 5. The Labute approximate surface area is 106 Å². The SMILES string of the molecule is COC(=O)c1ccccc1CNCCS(N)(=O)=O. The van der Waals surface area contributed by atoms with Gasteiger partial charge in [0, 0.05) is 13.1 Å². The zero-order chi connectivity index (χ0) is 13.6. The molecule has 3 N–H and O–H groups in total. The second kappa shape index (κ2) is 6.48. The first-order valence-corrected chi connectivity index (χ1v) is 7.03. The third-order valence-electron chi connectivity index (χ3n) is 2.30. The Balaban J connectivity index is 2.60. The van der Waals surface area contributed by atoms with E-state index in [9.17, 15) is 13.2 Å². The van der Waals surface area contributed by atoms with Gasteiger partial charge < -0.3 is 10.1 Å². The highest BCUT2D eigenvalue weighted by Crippen LogP contribution is 2.09. The van der Waals surface area contributed by atoms with Crippen LogP contribution in [0.3, 0.4) is 0 Å². The number of ether oxygens (including phenoxy) is 1. The Bertz CT molecular complexity index is 514. The van der Waals surface area contributed by atoms with E-state index in [4.69, 9.17) is 5.14 Å². The molecule has 0 atom stereocenters. The van der Waals surface area contributed by atoms with Crippen LogP contribution in [0.25, 0.3) is 0 Å². The highest BCUT2D eigenvalue weighted by Gasteiger charge is 2.10. The zero-order valence-electron chi connectivity index (χ0n) is 10.0. The summed E-state index contributed by atoms with van der Waals surface area (Å²) in [6.07, 6.45) is 0. The molecular weight excluding hydrogens is 256 g/mol. The van der Waals surface area contributed by atoms with Gasteiger partial charge in [-0.1, -0.05) is 18.2 Å². The van der Waals surface area contributed by atoms with Gasteiger partial charge in [0.15, 0.2) is 0 Å². The maximum Gasteiger partial charge on any atom is 0.338 e. The lowest BCUT2D eigenvalue weighted by atomic mass is 10.1. The summed E-state index contributed by atoms with van der Waals surface area (Å²) < 4.78 is 26.1. The maximum atomic E-state index is 11.5. The van der Waals surface area contributed by atoms with Crippen molar-refractivity contribution in [2.45, 2.75) is 6.54 Å². The molecular formula is C11H16N2O4S. The van der Waals surface area contributed by atoms with Gasteiger partial charge in [0.25, 0.3) is 0 Å². The molecule has 0 saturated heterocycles. The third-order valence-corrected chi connectivity index (χ3v) is 3.07. The second-order valence-corrected chi connectivity index (χ2v) is 5.43. The molecule has 0 aliphatic carbocycles. The number of primary sulfonamides is 1. The molecule has 0 amide bonds. The first kappa shape index (κ1) is 14.6. The van der Waals surface area contributed by atoms with Crippen LogP contribution >= 0.6 is 0 Å². The first-order chi connectivity index (χ1) is 8.44. The molecule has 6 nitrogen and oxygen atoms in total. The minimum atomic E-state index is -3.46. The average molecular weight is 272 g/mol. The summed E-state index contributed by atoms with van der Waals surface area (Å²) in [5, 5.41) is 7.78. The lowest BCUT2D eigenvalue weighted by Gasteiger charge is -2.08. The van der Waals surface area contributed by atoms with Crippen molar-refractivity contribution in [1.29, 1.82) is 0 Å². The van der Waals surface area contributed by atoms with E-state index in [0.717, 1.165) is 5.56 Å². The number of nitrogens with one attached hydrogen (secondary N) is 1. The van der Waals surface area contributed by atoms with Crippen LogP contribution in [0.2, 0.25) is 0 Å². The van der Waals surface area contributed by atoms with Gasteiger partial charge in [-0.2, -0.15) is 0 Å². The summed E-state index contributed by atoms with van der Waals surface area (Å²) in [6, 6.07) is 6.96. The molecule has 0 bridgehead atoms. The van der Waals surface area contributed by atoms with Crippen LogP contribution in [0.1, 0.15) is 15.9 Å². The van der Waals surface area contributed by atoms with E-state index in [1.165, 1.54) is 7.11 Å². The van der Waals surface area contributed by atoms with Gasteiger partial charge >= 0.3 is 5.97 Å². The van der Waals surface area contributed by atoms with Crippen LogP contribution in [0, 0.1) is 0 Å². The van der Waals surface area contributed by atoms with Crippen LogP contribution < -0.4 is 10.5 Å². The average Bonchev–Trinajstić information content (AvgIpc) is 2.33. The fraction of sp³-hybridized carbons (Fsp3) is 0.364. The summed E-state index contributed by atoms with van der Waals surface area (Å²) in [5.41, 5.74) is 1.21. The summed E-state index contributed by atoms with van der Waals surface area (Å²) in [5.74, 6) is -0.563. The maximum absolute atomic E-state index is 11.5. The summed E-state index contributed by atoms with van der Waals surface area (Å²) >= 11 is 0. The standard InChI is InChI=1S/C11H16N2O4S/c1-17-11(14)10-5-3-2-4-9(10)8-13-6-7-18(12,15)16/h2-5,13H,6-8H2,1H3,(H2,12,15,16). The minimum absolute atomic E-state index is 0.145. The smallest absolute Gasteiger partial charge is 0.338 e. The Morgan fingerprint density at radius 1 is 1.39 bits per heavy atom. The van der Waals surface area contributed by atoms with Crippen LogP contribution in [0.15, 0.2) is 24.3 Å². The van der Waals surface area contributed by atoms with E-state index in [1.807, 2.05) is 0 Å². The Hall–Kier alpha value is -1.44. The normalized spacial score (nSPS) is 11.2. The van der Waals surface area contributed by atoms with E-state index in [2.05, 4.69) is 10.1 Å². The topological polar surface area (TPSA) is 98.5 Å². The van der Waals surface area contributed by atoms with Gasteiger partial charge in [0.2, 0.25) is 10.0 Å². The predicted octanol–water partition coefficient (Wildman–Crippen LogP) is -0.149. The summed E-state index contributed by atoms with van der Waals surface area (Å²) in [6.45, 7) is 0.606. The van der Waals surface area contributed by atoms with Crippen molar-refractivity contribution < 1.29 is 17.9 Å². The Morgan fingerprint density at radius 2 is 2.06 bits per heavy atom. The van der Waals surface area contributed by atoms with Crippen LogP contribution in [-0.4, -0.2) is 33.8 Å². The number of carbonyl (C=O) groups is 1. The van der Waals surface area contributed by atoms with Crippen LogP contribution in [0.5, 0.6) is 0 Å². The van der Waals surface area contributed by atoms with Crippen molar-refractivity contribution in [2.24, 2.45) is 5.14 Å². The number of nitrogens with two attached hydrogens (primary N) is 1. The van der Waals surface area contributed by atoms with Gasteiger partial charge in [-0.3, -0.25) is 0 Å². The number of rotatable bonds is 6. The van der Waals surface area contributed by atoms with Gasteiger partial charge in [-0.05, 0) is 11.6 Å². The summed E-state index contributed by atoms with van der Waals surface area (Å²) in [7, 11) is -2.15. The van der Waals surface area contributed by atoms with Crippen LogP contribution in [0.4, 0.5) is 0 Å². The Morgan fingerprint density at radius 3 is 2.67 bits per heavy atom. The summed E-state index contributed by atoms with van der Waals surface area (Å²) in [4.78, 5) is 11.5. The quantitative estimate of drug-likeness (QED) is 0.554. The third kappa shape index (κ3) is 4.82. The van der Waals surface area contributed by atoms with Crippen molar-refractivity contribution in [1.82, 2.24) is 5.32 Å². The van der Waals surface area contributed by atoms with Gasteiger partial charge in [-0.25, -0.2) is 18.4 Å². The fourth-order valence-electron chi connectivity index (χ4n) is 1.42. The highest BCUT2D eigenvalue weighted by molar-refractivity contribution is 7.89. The predicted molar refractivity (Wildman–Crippen MR) is 67.5 cm³/mol. The van der Waals surface area contributed by atoms with Crippen molar-refractivity contribution in [2.75, 3.05) is 19.4 Å². The van der Waals surface area contributed by atoms with Crippen molar-refractivity contribution in [3.63, 3.8) is 0 Å². The molecule has 0 fully saturated rings. The lowest BCUT2D eigenvalue weighted by Crippen LogP contribution is -2.27. The Kier molecular flexibility index (Phi) is 5.26. The molecule has 18 heavy (non-hydrogen) atoms. The molecule has 1 aromatic carbocycles. The van der Waals surface area contributed by atoms with Crippen molar-refractivity contribution in [3.8, 4) is 0 Å². The molecule has 1 aromatic rings. The van der Waals surface area contributed by atoms with Gasteiger partial charge in [-0.15, -0.1) is 0 Å². The first-order valence-electron chi connectivity index (χ1n) is 5.31. The monoisotopic (exact) mass is 272 g/mol. The number of hydrogen-bond donors (Lipinski definition) is 2. The van der Waals surface area contributed by atoms with E-state index < -0.39 is 16.0 Å². The molecule has 0 saturated carbocycles. The van der Waals surface area contributed by atoms with Crippen molar-refractivity contribution in [3.05, 3.63) is 35.4 Å². The molecule has 0 aliphatic rings. The number of sulfonamides is 1. The molecule has 100 valence electrons. The highest BCUT2D eigenvalue weighted by atomic mass is 32.2. The zero-order valence-corrected chi connectivity index (χ0v) is 10.9. The molecule has 0 spiro atoms. The molecule has 0 aromatic heterocycles. The van der Waals surface area contributed by atoms with Gasteiger partial charge in [0.1, 0.15) is 0 Å². The van der Waals surface area contributed by atoms with E-state index >= 15 is 0 Å². The number of esters is 1. The second-order valence-electron chi connectivity index (χ2n) is 3.69. The minimum Gasteiger partial charge on any atom is -0.465 e. The molecule has 0 heterocycles. The van der Waals surface area contributed by atoms with E-state index in [-0.39, 0.29) is 12.3 Å².